The molecule has 0 saturated heterocycles. The van der Waals surface area contributed by atoms with Crippen molar-refractivity contribution in [1.29, 1.82) is 5.41 Å². The fourth-order valence-corrected chi connectivity index (χ4v) is 3.44. The zero-order chi connectivity index (χ0) is 26.9. The highest BCUT2D eigenvalue weighted by molar-refractivity contribution is 7.80. The Labute approximate surface area is 210 Å². The van der Waals surface area contributed by atoms with E-state index < -0.39 is 28.3 Å². The fourth-order valence-electron chi connectivity index (χ4n) is 2.53. The minimum absolute atomic E-state index is 0.0493. The van der Waals surface area contributed by atoms with Gasteiger partial charge in [0.05, 0.1) is 6.61 Å². The van der Waals surface area contributed by atoms with E-state index in [1.54, 1.807) is 24.3 Å². The van der Waals surface area contributed by atoms with Crippen LogP contribution in [-0.2, 0) is 29.1 Å². The minimum atomic E-state index is -4.93. The lowest BCUT2D eigenvalue weighted by Gasteiger charge is -2.19. The molecule has 0 radical (unpaired) electrons. The van der Waals surface area contributed by atoms with Crippen LogP contribution in [0.4, 0.5) is 5.13 Å². The molecule has 1 aromatic heterocycles. The number of likely N-dealkylation sites (N-methyl/N-ethyl adjacent to an activating group) is 1. The van der Waals surface area contributed by atoms with Gasteiger partial charge in [-0.3, -0.25) is 19.6 Å². The lowest BCUT2D eigenvalue weighted by Crippen LogP contribution is -2.48. The molecule has 1 heterocycles. The third-order valence-electron chi connectivity index (χ3n) is 4.18. The van der Waals surface area contributed by atoms with Gasteiger partial charge in [-0.05, 0) is 31.2 Å². The Kier molecular flexibility index (Phi) is 10.1. The maximum Gasteiger partial charge on any atom is 0.418 e. The average molecular weight is 544 g/mol. The van der Waals surface area contributed by atoms with Crippen molar-refractivity contribution in [2.75, 3.05) is 26.0 Å². The van der Waals surface area contributed by atoms with E-state index in [9.17, 15) is 18.0 Å². The largest absolute Gasteiger partial charge is 0.493 e. The van der Waals surface area contributed by atoms with Crippen LogP contribution in [0.3, 0.4) is 0 Å². The summed E-state index contributed by atoms with van der Waals surface area (Å²) in [7, 11) is -3.99. The number of nitrogens with zero attached hydrogens (tertiary/aromatic N) is 3. The summed E-state index contributed by atoms with van der Waals surface area (Å²) in [5.74, 6) is -1.31. The van der Waals surface area contributed by atoms with Crippen molar-refractivity contribution in [2.45, 2.75) is 19.4 Å². The van der Waals surface area contributed by atoms with Gasteiger partial charge >= 0.3 is 10.4 Å². The van der Waals surface area contributed by atoms with Gasteiger partial charge in [-0.25, -0.2) is 10.0 Å². The van der Waals surface area contributed by atoms with Crippen LogP contribution in [-0.4, -0.2) is 72.7 Å². The molecule has 196 valence electrons. The molecule has 7 N–H and O–H groups in total. The Hall–Kier alpha value is -3.80. The van der Waals surface area contributed by atoms with E-state index in [0.29, 0.717) is 17.7 Å². The van der Waals surface area contributed by atoms with Crippen molar-refractivity contribution < 1.29 is 36.4 Å². The maximum atomic E-state index is 12.7. The van der Waals surface area contributed by atoms with Crippen molar-refractivity contribution in [3.63, 3.8) is 0 Å². The lowest BCUT2D eigenvalue weighted by atomic mass is 10.2. The van der Waals surface area contributed by atoms with Gasteiger partial charge in [0.2, 0.25) is 0 Å². The predicted octanol–water partition coefficient (Wildman–Crippen LogP) is -0.103. The van der Waals surface area contributed by atoms with E-state index in [1.165, 1.54) is 12.3 Å². The molecule has 17 heteroatoms. The standard InChI is InChI=1S/C19H25N7O8S2/c1-11(18(28)26(2)34-36(29,30)31)23-17(27)15(14-10-35-19(22)24-14)25-33-9-3-8-32-13-6-4-12(5-7-13)16(20)21/h4-7,10-11H,3,8-9H2,1-2H3,(H3,20,21)(H2,22,24)(H,23,27)(H,29,30,31)/b25-15-/t11-/m0/s1. The highest BCUT2D eigenvalue weighted by Crippen LogP contribution is 2.14. The first kappa shape index (κ1) is 28.4. The number of hydrogen-bond acceptors (Lipinski definition) is 12. The molecule has 2 aromatic rings. The first-order chi connectivity index (χ1) is 16.9. The molecule has 1 atom stereocenters. The van der Waals surface area contributed by atoms with Crippen molar-refractivity contribution in [3.05, 3.63) is 40.9 Å². The highest BCUT2D eigenvalue weighted by atomic mass is 32.3. The fraction of sp³-hybridized carbons (Fsp3) is 0.316. The number of benzene rings is 1. The summed E-state index contributed by atoms with van der Waals surface area (Å²) in [6, 6.07) is 5.38. The van der Waals surface area contributed by atoms with Crippen LogP contribution in [0.25, 0.3) is 0 Å². The van der Waals surface area contributed by atoms with E-state index in [-0.39, 0.29) is 40.6 Å². The molecule has 0 bridgehead atoms. The molecule has 0 spiro atoms. The van der Waals surface area contributed by atoms with Crippen molar-refractivity contribution >= 4 is 50.2 Å². The molecule has 2 rings (SSSR count). The molecule has 15 nitrogen and oxygen atoms in total. The number of ether oxygens (including phenoxy) is 1. The number of hydroxylamine groups is 2. The van der Waals surface area contributed by atoms with Gasteiger partial charge in [-0.1, -0.05) is 5.16 Å². The molecule has 0 aliphatic heterocycles. The van der Waals surface area contributed by atoms with Crippen LogP contribution in [0.1, 0.15) is 24.6 Å². The normalized spacial score (nSPS) is 12.5. The molecule has 1 aromatic carbocycles. The van der Waals surface area contributed by atoms with E-state index in [1.807, 2.05) is 0 Å². The highest BCUT2D eigenvalue weighted by Gasteiger charge is 2.27. The number of aromatic nitrogens is 1. The smallest absolute Gasteiger partial charge is 0.418 e. The number of oxime groups is 1. The molecule has 0 saturated carbocycles. The lowest BCUT2D eigenvalue weighted by molar-refractivity contribution is -0.155. The Morgan fingerprint density at radius 3 is 2.53 bits per heavy atom. The van der Waals surface area contributed by atoms with Crippen molar-refractivity contribution in [1.82, 2.24) is 15.4 Å². The van der Waals surface area contributed by atoms with Gasteiger partial charge < -0.3 is 26.4 Å². The second kappa shape index (κ2) is 12.8. The Balaban J connectivity index is 1.94. The summed E-state index contributed by atoms with van der Waals surface area (Å²) in [4.78, 5) is 34.1. The first-order valence-corrected chi connectivity index (χ1v) is 12.4. The number of amides is 2. The second-order valence-electron chi connectivity index (χ2n) is 7.02. The molecular weight excluding hydrogens is 518 g/mol. The molecule has 36 heavy (non-hydrogen) atoms. The number of nitrogens with two attached hydrogens (primary N) is 2. The van der Waals surface area contributed by atoms with Gasteiger partial charge in [0, 0.05) is 24.4 Å². The van der Waals surface area contributed by atoms with Gasteiger partial charge in [0.25, 0.3) is 11.8 Å². The molecule has 0 aliphatic rings. The van der Waals surface area contributed by atoms with Gasteiger partial charge in [-0.2, -0.15) is 8.42 Å². The van der Waals surface area contributed by atoms with Gasteiger partial charge in [-0.15, -0.1) is 15.6 Å². The summed E-state index contributed by atoms with van der Waals surface area (Å²) in [5, 5.41) is 15.4. The van der Waals surface area contributed by atoms with E-state index in [0.717, 1.165) is 18.4 Å². The van der Waals surface area contributed by atoms with E-state index in [4.69, 9.17) is 31.0 Å². The number of nitrogens with one attached hydrogen (secondary N) is 2. The number of anilines is 1. The average Bonchev–Trinajstić information content (AvgIpc) is 3.22. The Morgan fingerprint density at radius 2 is 1.97 bits per heavy atom. The number of hydrogen-bond donors (Lipinski definition) is 5. The predicted molar refractivity (Wildman–Crippen MR) is 130 cm³/mol. The summed E-state index contributed by atoms with van der Waals surface area (Å²) in [6.07, 6.45) is 0.402. The van der Waals surface area contributed by atoms with Crippen LogP contribution < -0.4 is 21.5 Å². The number of carbonyl (C=O) groups excluding carboxylic acids is 2. The van der Waals surface area contributed by atoms with E-state index >= 15 is 0 Å². The number of carbonyl (C=O) groups is 2. The van der Waals surface area contributed by atoms with Gasteiger partial charge in [0.1, 0.15) is 29.9 Å². The minimum Gasteiger partial charge on any atom is -0.493 e. The van der Waals surface area contributed by atoms with Crippen LogP contribution >= 0.6 is 11.3 Å². The van der Waals surface area contributed by atoms with Crippen LogP contribution in [0, 0.1) is 5.41 Å². The van der Waals surface area contributed by atoms with Crippen molar-refractivity contribution in [3.8, 4) is 5.75 Å². The number of thiazole rings is 1. The summed E-state index contributed by atoms with van der Waals surface area (Å²) >= 11 is 1.05. The monoisotopic (exact) mass is 543 g/mol. The SMILES string of the molecule is C[C@H](NC(=O)/C(=N\OCCCOc1ccc(C(=N)N)cc1)c1csc(N)n1)C(=O)N(C)OS(=O)(=O)O. The third kappa shape index (κ3) is 9.10. The molecular formula is C19H25N7O8S2. The number of nitrogen functional groups attached to an aromatic ring is 2. The number of rotatable bonds is 13. The van der Waals surface area contributed by atoms with Crippen LogP contribution in [0.5, 0.6) is 5.75 Å². The summed E-state index contributed by atoms with van der Waals surface area (Å²) < 4.78 is 39.8. The third-order valence-corrected chi connectivity index (χ3v) is 5.27. The topological polar surface area (TPSA) is 233 Å². The quantitative estimate of drug-likeness (QED) is 0.0735. The summed E-state index contributed by atoms with van der Waals surface area (Å²) in [5.41, 5.74) is 11.4. The number of amidine groups is 1. The Morgan fingerprint density at radius 1 is 1.31 bits per heavy atom. The zero-order valence-electron chi connectivity index (χ0n) is 19.2. The van der Waals surface area contributed by atoms with Crippen molar-refractivity contribution in [2.24, 2.45) is 10.9 Å². The molecule has 0 aliphatic carbocycles. The summed E-state index contributed by atoms with van der Waals surface area (Å²) in [6.45, 7) is 1.60. The molecule has 2 amide bonds. The first-order valence-electron chi connectivity index (χ1n) is 10.1. The second-order valence-corrected chi connectivity index (χ2v) is 8.91. The van der Waals surface area contributed by atoms with Gasteiger partial charge in [0.15, 0.2) is 10.8 Å². The van der Waals surface area contributed by atoms with E-state index in [2.05, 4.69) is 19.7 Å². The Bertz CT molecular complexity index is 1210. The maximum absolute atomic E-state index is 12.7. The molecule has 0 fully saturated rings. The zero-order valence-corrected chi connectivity index (χ0v) is 20.8. The van der Waals surface area contributed by atoms with Crippen LogP contribution in [0.15, 0.2) is 34.8 Å². The van der Waals surface area contributed by atoms with Crippen LogP contribution in [0.2, 0.25) is 0 Å². The molecule has 0 unspecified atom stereocenters.